The molecular formula is C14H30N2O2. The van der Waals surface area contributed by atoms with Crippen molar-refractivity contribution in [3.8, 4) is 0 Å². The Kier molecular flexibility index (Phi) is 7.82. The van der Waals surface area contributed by atoms with E-state index in [4.69, 9.17) is 9.47 Å². The van der Waals surface area contributed by atoms with Crippen LogP contribution in [0, 0.1) is 0 Å². The Labute approximate surface area is 112 Å². The summed E-state index contributed by atoms with van der Waals surface area (Å²) < 4.78 is 11.2. The third-order valence-corrected chi connectivity index (χ3v) is 3.54. The SMILES string of the molecule is CCOC(CCN1CCCN(C)CC1C)OCC. The zero-order chi connectivity index (χ0) is 13.4. The third kappa shape index (κ3) is 5.65. The molecule has 1 rings (SSSR count). The number of hydrogen-bond donors (Lipinski definition) is 0. The lowest BCUT2D eigenvalue weighted by Crippen LogP contribution is -2.39. The van der Waals surface area contributed by atoms with Crippen LogP contribution in [0.5, 0.6) is 0 Å². The maximum atomic E-state index is 5.60. The predicted molar refractivity (Wildman–Crippen MR) is 74.8 cm³/mol. The van der Waals surface area contributed by atoms with Crippen molar-refractivity contribution in [2.24, 2.45) is 0 Å². The molecule has 0 aliphatic carbocycles. The van der Waals surface area contributed by atoms with Gasteiger partial charge >= 0.3 is 0 Å². The predicted octanol–water partition coefficient (Wildman–Crippen LogP) is 1.80. The number of rotatable bonds is 7. The van der Waals surface area contributed by atoms with Gasteiger partial charge in [0.1, 0.15) is 0 Å². The molecule has 1 fully saturated rings. The van der Waals surface area contributed by atoms with E-state index < -0.39 is 0 Å². The summed E-state index contributed by atoms with van der Waals surface area (Å²) in [6.45, 7) is 12.4. The number of ether oxygens (including phenoxy) is 2. The zero-order valence-electron chi connectivity index (χ0n) is 12.5. The first-order valence-electron chi connectivity index (χ1n) is 7.33. The molecule has 0 N–H and O–H groups in total. The monoisotopic (exact) mass is 258 g/mol. The Morgan fingerprint density at radius 1 is 1.17 bits per heavy atom. The maximum absolute atomic E-state index is 5.60. The number of likely N-dealkylation sites (N-methyl/N-ethyl adjacent to an activating group) is 1. The maximum Gasteiger partial charge on any atom is 0.158 e. The fourth-order valence-corrected chi connectivity index (χ4v) is 2.61. The molecule has 0 aromatic rings. The van der Waals surface area contributed by atoms with E-state index in [1.165, 1.54) is 19.5 Å². The lowest BCUT2D eigenvalue weighted by atomic mass is 10.2. The first-order valence-corrected chi connectivity index (χ1v) is 7.33. The second kappa shape index (κ2) is 8.86. The van der Waals surface area contributed by atoms with Crippen LogP contribution in [0.2, 0.25) is 0 Å². The highest BCUT2D eigenvalue weighted by Crippen LogP contribution is 2.11. The van der Waals surface area contributed by atoms with Crippen LogP contribution >= 0.6 is 0 Å². The number of nitrogens with zero attached hydrogens (tertiary/aromatic N) is 2. The molecule has 0 radical (unpaired) electrons. The molecule has 1 aliphatic heterocycles. The van der Waals surface area contributed by atoms with E-state index in [2.05, 4.69) is 23.8 Å². The van der Waals surface area contributed by atoms with Crippen LogP contribution in [-0.2, 0) is 9.47 Å². The Bertz CT molecular complexity index is 208. The molecule has 1 unspecified atom stereocenters. The molecule has 0 aromatic carbocycles. The van der Waals surface area contributed by atoms with E-state index in [1.54, 1.807) is 0 Å². The van der Waals surface area contributed by atoms with Crippen LogP contribution in [0.15, 0.2) is 0 Å². The second-order valence-corrected chi connectivity index (χ2v) is 5.13. The largest absolute Gasteiger partial charge is 0.353 e. The molecule has 1 saturated heterocycles. The highest BCUT2D eigenvalue weighted by Gasteiger charge is 2.20. The fraction of sp³-hybridized carbons (Fsp3) is 1.00. The van der Waals surface area contributed by atoms with Crippen LogP contribution in [0.1, 0.15) is 33.6 Å². The van der Waals surface area contributed by atoms with E-state index >= 15 is 0 Å². The van der Waals surface area contributed by atoms with Gasteiger partial charge in [0.05, 0.1) is 0 Å². The number of hydrogen-bond acceptors (Lipinski definition) is 4. The van der Waals surface area contributed by atoms with Gasteiger partial charge in [0.15, 0.2) is 6.29 Å². The molecule has 18 heavy (non-hydrogen) atoms. The molecule has 1 atom stereocenters. The molecule has 0 aromatic heterocycles. The molecule has 0 spiro atoms. The van der Waals surface area contributed by atoms with Gasteiger partial charge in [-0.25, -0.2) is 0 Å². The molecule has 4 nitrogen and oxygen atoms in total. The summed E-state index contributed by atoms with van der Waals surface area (Å²) in [7, 11) is 2.21. The van der Waals surface area contributed by atoms with Crippen molar-refractivity contribution >= 4 is 0 Å². The van der Waals surface area contributed by atoms with Crippen molar-refractivity contribution in [1.29, 1.82) is 0 Å². The third-order valence-electron chi connectivity index (χ3n) is 3.54. The van der Waals surface area contributed by atoms with Gasteiger partial charge in [-0.2, -0.15) is 0 Å². The first kappa shape index (κ1) is 15.9. The summed E-state index contributed by atoms with van der Waals surface area (Å²) in [4.78, 5) is 4.99. The first-order chi connectivity index (χ1) is 8.67. The van der Waals surface area contributed by atoms with Crippen LogP contribution in [0.4, 0.5) is 0 Å². The summed E-state index contributed by atoms with van der Waals surface area (Å²) >= 11 is 0. The van der Waals surface area contributed by atoms with Gasteiger partial charge in [-0.05, 0) is 47.3 Å². The topological polar surface area (TPSA) is 24.9 Å². The molecule has 4 heteroatoms. The molecule has 1 heterocycles. The van der Waals surface area contributed by atoms with Crippen LogP contribution in [-0.4, -0.2) is 68.6 Å². The van der Waals surface area contributed by atoms with Gasteiger partial charge in [-0.3, -0.25) is 4.90 Å². The van der Waals surface area contributed by atoms with E-state index in [9.17, 15) is 0 Å². The summed E-state index contributed by atoms with van der Waals surface area (Å²) in [6.07, 6.45) is 2.19. The van der Waals surface area contributed by atoms with Crippen LogP contribution in [0.25, 0.3) is 0 Å². The molecule has 0 saturated carbocycles. The standard InChI is InChI=1S/C14H30N2O2/c1-5-17-14(18-6-2)8-11-16-10-7-9-15(4)12-13(16)3/h13-14H,5-12H2,1-4H3. The lowest BCUT2D eigenvalue weighted by molar-refractivity contribution is -0.142. The Balaban J connectivity index is 2.35. The van der Waals surface area contributed by atoms with Crippen molar-refractivity contribution in [2.45, 2.75) is 45.9 Å². The van der Waals surface area contributed by atoms with Crippen molar-refractivity contribution in [2.75, 3.05) is 46.4 Å². The minimum Gasteiger partial charge on any atom is -0.353 e. The van der Waals surface area contributed by atoms with E-state index in [0.29, 0.717) is 6.04 Å². The molecule has 1 aliphatic rings. The van der Waals surface area contributed by atoms with Crippen molar-refractivity contribution in [1.82, 2.24) is 9.80 Å². The Hall–Kier alpha value is -0.160. The summed E-state index contributed by atoms with van der Waals surface area (Å²) in [5.41, 5.74) is 0. The van der Waals surface area contributed by atoms with Gasteiger partial charge in [0.25, 0.3) is 0 Å². The van der Waals surface area contributed by atoms with Crippen LogP contribution in [0.3, 0.4) is 0 Å². The Morgan fingerprint density at radius 2 is 1.83 bits per heavy atom. The van der Waals surface area contributed by atoms with E-state index in [1.807, 2.05) is 13.8 Å². The average Bonchev–Trinajstić information content (AvgIpc) is 2.48. The normalized spacial score (nSPS) is 23.5. The van der Waals surface area contributed by atoms with Gasteiger partial charge in [-0.1, -0.05) is 0 Å². The lowest BCUT2D eigenvalue weighted by Gasteiger charge is -2.29. The van der Waals surface area contributed by atoms with Crippen molar-refractivity contribution < 1.29 is 9.47 Å². The van der Waals surface area contributed by atoms with Crippen LogP contribution < -0.4 is 0 Å². The Morgan fingerprint density at radius 3 is 2.44 bits per heavy atom. The minimum absolute atomic E-state index is 0.0341. The van der Waals surface area contributed by atoms with Gasteiger partial charge in [0, 0.05) is 38.8 Å². The average molecular weight is 258 g/mol. The highest BCUT2D eigenvalue weighted by molar-refractivity contribution is 4.75. The van der Waals surface area contributed by atoms with E-state index in [-0.39, 0.29) is 6.29 Å². The van der Waals surface area contributed by atoms with Gasteiger partial charge in [-0.15, -0.1) is 0 Å². The second-order valence-electron chi connectivity index (χ2n) is 5.13. The van der Waals surface area contributed by atoms with Gasteiger partial charge in [0.2, 0.25) is 0 Å². The van der Waals surface area contributed by atoms with Gasteiger partial charge < -0.3 is 14.4 Å². The fourth-order valence-electron chi connectivity index (χ4n) is 2.61. The quantitative estimate of drug-likeness (QED) is 0.650. The summed E-state index contributed by atoms with van der Waals surface area (Å²) in [5, 5.41) is 0. The zero-order valence-corrected chi connectivity index (χ0v) is 12.5. The molecule has 0 bridgehead atoms. The summed E-state index contributed by atoms with van der Waals surface area (Å²) in [5.74, 6) is 0. The summed E-state index contributed by atoms with van der Waals surface area (Å²) in [6, 6.07) is 0.626. The minimum atomic E-state index is -0.0341. The molecule has 0 amide bonds. The van der Waals surface area contributed by atoms with E-state index in [0.717, 1.165) is 32.7 Å². The highest BCUT2D eigenvalue weighted by atomic mass is 16.7. The van der Waals surface area contributed by atoms with Crippen molar-refractivity contribution in [3.63, 3.8) is 0 Å². The van der Waals surface area contributed by atoms with Crippen molar-refractivity contribution in [3.05, 3.63) is 0 Å². The molecular weight excluding hydrogens is 228 g/mol. The molecule has 108 valence electrons. The smallest absolute Gasteiger partial charge is 0.158 e.